The number of amides is 2. The van der Waals surface area contributed by atoms with Crippen LogP contribution >= 0.6 is 0 Å². The highest BCUT2D eigenvalue weighted by Crippen LogP contribution is 2.42. The summed E-state index contributed by atoms with van der Waals surface area (Å²) >= 11 is 0. The minimum absolute atomic E-state index is 0.0545. The SMILES string of the molecule is Cc1cncc(NC(=O)N2C3CCC2C(C(=O)O)C3)c1. The number of aryl methyl sites for hydroxylation is 1. The number of urea groups is 1. The second-order valence-electron chi connectivity index (χ2n) is 5.57. The molecule has 3 unspecified atom stereocenters. The summed E-state index contributed by atoms with van der Waals surface area (Å²) in [4.78, 5) is 29.3. The van der Waals surface area contributed by atoms with E-state index in [2.05, 4.69) is 10.3 Å². The van der Waals surface area contributed by atoms with Crippen LogP contribution in [0.2, 0.25) is 0 Å². The Bertz CT molecular complexity index is 560. The van der Waals surface area contributed by atoms with Crippen molar-refractivity contribution in [3.63, 3.8) is 0 Å². The van der Waals surface area contributed by atoms with Gasteiger partial charge in [-0.2, -0.15) is 0 Å². The quantitative estimate of drug-likeness (QED) is 0.863. The van der Waals surface area contributed by atoms with Crippen LogP contribution in [-0.2, 0) is 4.79 Å². The molecular weight excluding hydrogens is 258 g/mol. The molecule has 0 saturated carbocycles. The zero-order valence-corrected chi connectivity index (χ0v) is 11.2. The second kappa shape index (κ2) is 4.77. The minimum atomic E-state index is -0.799. The lowest BCUT2D eigenvalue weighted by Gasteiger charge is -2.23. The summed E-state index contributed by atoms with van der Waals surface area (Å²) in [5.41, 5.74) is 1.61. The van der Waals surface area contributed by atoms with Gasteiger partial charge in [-0.05, 0) is 37.8 Å². The monoisotopic (exact) mass is 275 g/mol. The molecule has 3 heterocycles. The lowest BCUT2D eigenvalue weighted by atomic mass is 9.89. The Morgan fingerprint density at radius 2 is 2.20 bits per heavy atom. The predicted molar refractivity (Wildman–Crippen MR) is 72.4 cm³/mol. The molecule has 2 bridgehead atoms. The molecule has 2 aliphatic heterocycles. The van der Waals surface area contributed by atoms with E-state index >= 15 is 0 Å². The third kappa shape index (κ3) is 2.11. The Morgan fingerprint density at radius 3 is 2.85 bits per heavy atom. The van der Waals surface area contributed by atoms with E-state index in [1.165, 1.54) is 0 Å². The maximum atomic E-state index is 12.3. The number of nitrogens with zero attached hydrogens (tertiary/aromatic N) is 2. The van der Waals surface area contributed by atoms with Gasteiger partial charge in [-0.25, -0.2) is 4.79 Å². The number of carboxylic acid groups (broad SMARTS) is 1. The summed E-state index contributed by atoms with van der Waals surface area (Å²) in [6.45, 7) is 1.91. The van der Waals surface area contributed by atoms with Crippen molar-refractivity contribution in [3.8, 4) is 0 Å². The van der Waals surface area contributed by atoms with E-state index in [9.17, 15) is 14.7 Å². The number of hydrogen-bond donors (Lipinski definition) is 2. The van der Waals surface area contributed by atoms with Crippen LogP contribution in [0.15, 0.2) is 18.5 Å². The molecule has 2 amide bonds. The first-order valence-electron chi connectivity index (χ1n) is 6.80. The van der Waals surface area contributed by atoms with Crippen molar-refractivity contribution in [1.82, 2.24) is 9.88 Å². The van der Waals surface area contributed by atoms with Crippen molar-refractivity contribution in [2.75, 3.05) is 5.32 Å². The van der Waals surface area contributed by atoms with Gasteiger partial charge in [-0.3, -0.25) is 9.78 Å². The molecule has 2 saturated heterocycles. The van der Waals surface area contributed by atoms with Crippen LogP contribution in [0.5, 0.6) is 0 Å². The van der Waals surface area contributed by atoms with Crippen LogP contribution in [0, 0.1) is 12.8 Å². The molecule has 0 aromatic carbocycles. The van der Waals surface area contributed by atoms with Gasteiger partial charge in [0, 0.05) is 18.3 Å². The first-order chi connectivity index (χ1) is 9.56. The summed E-state index contributed by atoms with van der Waals surface area (Å²) in [7, 11) is 0. The number of fused-ring (bicyclic) bond motifs is 2. The minimum Gasteiger partial charge on any atom is -0.481 e. The summed E-state index contributed by atoms with van der Waals surface area (Å²) in [6.07, 6.45) is 5.56. The number of carbonyl (C=O) groups is 2. The molecule has 6 heteroatoms. The number of aliphatic carboxylic acids is 1. The molecule has 3 rings (SSSR count). The van der Waals surface area contributed by atoms with Crippen molar-refractivity contribution in [2.45, 2.75) is 38.3 Å². The van der Waals surface area contributed by atoms with Crippen molar-refractivity contribution in [1.29, 1.82) is 0 Å². The first kappa shape index (κ1) is 12.9. The summed E-state index contributed by atoms with van der Waals surface area (Å²) in [6, 6.07) is 1.51. The van der Waals surface area contributed by atoms with E-state index < -0.39 is 11.9 Å². The predicted octanol–water partition coefficient (Wildman–Crippen LogP) is 1.86. The normalized spacial score (nSPS) is 27.6. The lowest BCUT2D eigenvalue weighted by molar-refractivity contribution is -0.142. The van der Waals surface area contributed by atoms with Gasteiger partial charge < -0.3 is 15.3 Å². The Kier molecular flexibility index (Phi) is 3.08. The summed E-state index contributed by atoms with van der Waals surface area (Å²) in [5.74, 6) is -1.22. The number of carbonyl (C=O) groups excluding carboxylic acids is 1. The van der Waals surface area contributed by atoms with E-state index in [-0.39, 0.29) is 18.1 Å². The van der Waals surface area contributed by atoms with Gasteiger partial charge in [0.25, 0.3) is 0 Å². The van der Waals surface area contributed by atoms with Gasteiger partial charge in [0.05, 0.1) is 17.8 Å². The maximum Gasteiger partial charge on any atom is 0.322 e. The molecule has 20 heavy (non-hydrogen) atoms. The number of hydrogen-bond acceptors (Lipinski definition) is 3. The fraction of sp³-hybridized carbons (Fsp3) is 0.500. The van der Waals surface area contributed by atoms with Crippen LogP contribution in [0.3, 0.4) is 0 Å². The molecule has 2 aliphatic rings. The van der Waals surface area contributed by atoms with Gasteiger partial charge in [0.2, 0.25) is 0 Å². The largest absolute Gasteiger partial charge is 0.481 e. The van der Waals surface area contributed by atoms with Gasteiger partial charge in [0.15, 0.2) is 0 Å². The topological polar surface area (TPSA) is 82.5 Å². The second-order valence-corrected chi connectivity index (χ2v) is 5.57. The van der Waals surface area contributed by atoms with Crippen molar-refractivity contribution < 1.29 is 14.7 Å². The van der Waals surface area contributed by atoms with Crippen LogP contribution in [0.4, 0.5) is 10.5 Å². The molecular formula is C14H17N3O3. The van der Waals surface area contributed by atoms with Gasteiger partial charge in [-0.1, -0.05) is 0 Å². The number of nitrogens with one attached hydrogen (secondary N) is 1. The molecule has 2 fully saturated rings. The van der Waals surface area contributed by atoms with E-state index in [4.69, 9.17) is 0 Å². The smallest absolute Gasteiger partial charge is 0.322 e. The van der Waals surface area contributed by atoms with Crippen molar-refractivity contribution >= 4 is 17.7 Å². The summed E-state index contributed by atoms with van der Waals surface area (Å²) in [5, 5.41) is 12.0. The molecule has 6 nitrogen and oxygen atoms in total. The Balaban J connectivity index is 1.74. The van der Waals surface area contributed by atoms with E-state index in [1.807, 2.05) is 13.0 Å². The number of aromatic nitrogens is 1. The van der Waals surface area contributed by atoms with E-state index in [1.54, 1.807) is 17.3 Å². The number of pyridine rings is 1. The Hall–Kier alpha value is -2.11. The summed E-state index contributed by atoms with van der Waals surface area (Å²) < 4.78 is 0. The van der Waals surface area contributed by atoms with Crippen LogP contribution in [0.1, 0.15) is 24.8 Å². The fourth-order valence-electron chi connectivity index (χ4n) is 3.38. The standard InChI is InChI=1S/C14H17N3O3/c1-8-4-9(7-15-6-8)16-14(20)17-10-2-3-12(17)11(5-10)13(18)19/h4,6-7,10-12H,2-3,5H2,1H3,(H,16,20)(H,18,19). The van der Waals surface area contributed by atoms with Crippen LogP contribution < -0.4 is 5.32 Å². The zero-order chi connectivity index (χ0) is 14.3. The van der Waals surface area contributed by atoms with E-state index in [0.29, 0.717) is 12.1 Å². The highest BCUT2D eigenvalue weighted by atomic mass is 16.4. The average molecular weight is 275 g/mol. The third-order valence-corrected chi connectivity index (χ3v) is 4.21. The molecule has 0 aliphatic carbocycles. The fourth-order valence-corrected chi connectivity index (χ4v) is 3.38. The molecule has 0 spiro atoms. The van der Waals surface area contributed by atoms with Gasteiger partial charge >= 0.3 is 12.0 Å². The van der Waals surface area contributed by atoms with Gasteiger partial charge in [0.1, 0.15) is 0 Å². The lowest BCUT2D eigenvalue weighted by Crippen LogP contribution is -2.40. The molecule has 2 N–H and O–H groups in total. The Morgan fingerprint density at radius 1 is 1.40 bits per heavy atom. The van der Waals surface area contributed by atoms with Crippen molar-refractivity contribution in [3.05, 3.63) is 24.0 Å². The zero-order valence-electron chi connectivity index (χ0n) is 11.2. The maximum absolute atomic E-state index is 12.3. The number of anilines is 1. The Labute approximate surface area is 116 Å². The molecule has 1 aromatic rings. The van der Waals surface area contributed by atoms with Crippen molar-refractivity contribution in [2.24, 2.45) is 5.92 Å². The van der Waals surface area contributed by atoms with E-state index in [0.717, 1.165) is 18.4 Å². The number of carboxylic acids is 1. The molecule has 106 valence electrons. The molecule has 0 radical (unpaired) electrons. The molecule has 3 atom stereocenters. The third-order valence-electron chi connectivity index (χ3n) is 4.21. The highest BCUT2D eigenvalue weighted by molar-refractivity contribution is 5.91. The number of rotatable bonds is 2. The highest BCUT2D eigenvalue weighted by Gasteiger charge is 2.51. The average Bonchev–Trinajstić information content (AvgIpc) is 2.96. The first-order valence-corrected chi connectivity index (χ1v) is 6.80. The molecule has 1 aromatic heterocycles. The van der Waals surface area contributed by atoms with Crippen LogP contribution in [-0.4, -0.2) is 39.1 Å². The van der Waals surface area contributed by atoms with Crippen LogP contribution in [0.25, 0.3) is 0 Å². The van der Waals surface area contributed by atoms with Gasteiger partial charge in [-0.15, -0.1) is 0 Å².